The average Bonchev–Trinajstić information content (AvgIpc) is 2.80. The number of carboxylic acid groups (broad SMARTS) is 1. The van der Waals surface area contributed by atoms with Gasteiger partial charge in [-0.2, -0.15) is 0 Å². The first-order chi connectivity index (χ1) is 8.08. The third-order valence-corrected chi connectivity index (χ3v) is 3.63. The molecule has 1 fully saturated rings. The second kappa shape index (κ2) is 5.06. The molecule has 2 rings (SSSR count). The number of hydrogen-bond donors (Lipinski definition) is 1. The lowest BCUT2D eigenvalue weighted by Crippen LogP contribution is -2.31. The predicted molar refractivity (Wildman–Crippen MR) is 63.9 cm³/mol. The van der Waals surface area contributed by atoms with Crippen molar-refractivity contribution in [1.29, 1.82) is 0 Å². The summed E-state index contributed by atoms with van der Waals surface area (Å²) in [7, 11) is 1.87. The summed E-state index contributed by atoms with van der Waals surface area (Å²) in [5.74, 6) is 0.145. The number of rotatable bonds is 4. The highest BCUT2D eigenvalue weighted by molar-refractivity contribution is 6.29. The summed E-state index contributed by atoms with van der Waals surface area (Å²) in [5, 5.41) is 9.45. The molecule has 0 radical (unpaired) electrons. The van der Waals surface area contributed by atoms with Crippen LogP contribution >= 0.6 is 11.6 Å². The first-order valence-corrected chi connectivity index (χ1v) is 6.07. The fourth-order valence-electron chi connectivity index (χ4n) is 2.29. The molecule has 1 aliphatic rings. The molecule has 1 saturated heterocycles. The molecule has 0 bridgehead atoms. The highest BCUT2D eigenvalue weighted by atomic mass is 35.5. The van der Waals surface area contributed by atoms with Crippen LogP contribution in [0.4, 0.5) is 0 Å². The quantitative estimate of drug-likeness (QED) is 0.888. The molecule has 1 aromatic rings. The van der Waals surface area contributed by atoms with Gasteiger partial charge in [0.25, 0.3) is 0 Å². The van der Waals surface area contributed by atoms with Crippen LogP contribution in [-0.4, -0.2) is 38.1 Å². The standard InChI is InChI=1S/C11H16ClN3O2/c1-14-9(12)6-13-10(14)7-15-4-2-3-8(15)5-11(16)17/h6,8H,2-5,7H2,1H3,(H,16,17). The van der Waals surface area contributed by atoms with E-state index in [1.165, 1.54) is 0 Å². The normalized spacial score (nSPS) is 20.9. The van der Waals surface area contributed by atoms with Crippen LogP contribution < -0.4 is 0 Å². The predicted octanol–water partition coefficient (Wildman–Crippen LogP) is 1.51. The van der Waals surface area contributed by atoms with Crippen molar-refractivity contribution in [2.24, 2.45) is 7.05 Å². The SMILES string of the molecule is Cn1c(Cl)cnc1CN1CCCC1CC(=O)O. The number of imidazole rings is 1. The minimum atomic E-state index is -0.736. The van der Waals surface area contributed by atoms with Gasteiger partial charge in [-0.15, -0.1) is 0 Å². The zero-order valence-corrected chi connectivity index (χ0v) is 10.5. The number of halogens is 1. The Bertz CT molecular complexity index is 419. The molecular weight excluding hydrogens is 242 g/mol. The smallest absolute Gasteiger partial charge is 0.304 e. The van der Waals surface area contributed by atoms with E-state index >= 15 is 0 Å². The highest BCUT2D eigenvalue weighted by Crippen LogP contribution is 2.22. The molecule has 0 saturated carbocycles. The maximum absolute atomic E-state index is 10.8. The first kappa shape index (κ1) is 12.4. The fraction of sp³-hybridized carbons (Fsp3) is 0.636. The van der Waals surface area contributed by atoms with E-state index in [0.717, 1.165) is 25.2 Å². The number of nitrogens with zero attached hydrogens (tertiary/aromatic N) is 3. The highest BCUT2D eigenvalue weighted by Gasteiger charge is 2.27. The van der Waals surface area contributed by atoms with Gasteiger partial charge >= 0.3 is 5.97 Å². The van der Waals surface area contributed by atoms with E-state index in [1.54, 1.807) is 6.20 Å². The molecule has 1 aromatic heterocycles. The van der Waals surface area contributed by atoms with Gasteiger partial charge in [-0.3, -0.25) is 9.69 Å². The molecule has 17 heavy (non-hydrogen) atoms. The van der Waals surface area contributed by atoms with Gasteiger partial charge in [-0.1, -0.05) is 11.6 Å². The summed E-state index contributed by atoms with van der Waals surface area (Å²) in [6.45, 7) is 1.60. The van der Waals surface area contributed by atoms with E-state index in [-0.39, 0.29) is 12.5 Å². The van der Waals surface area contributed by atoms with Gasteiger partial charge in [0, 0.05) is 13.1 Å². The molecule has 1 N–H and O–H groups in total. The summed E-state index contributed by atoms with van der Waals surface area (Å²) < 4.78 is 1.83. The second-order valence-electron chi connectivity index (χ2n) is 4.42. The minimum Gasteiger partial charge on any atom is -0.481 e. The summed E-state index contributed by atoms with van der Waals surface area (Å²) in [4.78, 5) is 17.2. The molecule has 6 heteroatoms. The molecule has 0 aliphatic carbocycles. The van der Waals surface area contributed by atoms with E-state index in [1.807, 2.05) is 11.6 Å². The van der Waals surface area contributed by atoms with E-state index in [4.69, 9.17) is 16.7 Å². The van der Waals surface area contributed by atoms with Crippen LogP contribution in [-0.2, 0) is 18.4 Å². The molecule has 1 aliphatic heterocycles. The van der Waals surface area contributed by atoms with Gasteiger partial charge in [-0.05, 0) is 19.4 Å². The fourth-order valence-corrected chi connectivity index (χ4v) is 2.44. The van der Waals surface area contributed by atoms with Gasteiger partial charge < -0.3 is 9.67 Å². The largest absolute Gasteiger partial charge is 0.481 e. The third-order valence-electron chi connectivity index (χ3n) is 3.28. The lowest BCUT2D eigenvalue weighted by atomic mass is 10.1. The van der Waals surface area contributed by atoms with Crippen molar-refractivity contribution in [2.45, 2.75) is 31.8 Å². The van der Waals surface area contributed by atoms with Crippen LogP contribution in [0.25, 0.3) is 0 Å². The number of hydrogen-bond acceptors (Lipinski definition) is 3. The summed E-state index contributed by atoms with van der Waals surface area (Å²) in [6, 6.07) is 0.128. The summed E-state index contributed by atoms with van der Waals surface area (Å²) >= 11 is 5.92. The maximum atomic E-state index is 10.8. The third kappa shape index (κ3) is 2.79. The van der Waals surface area contributed by atoms with Gasteiger partial charge in [0.05, 0.1) is 19.2 Å². The van der Waals surface area contributed by atoms with Crippen molar-refractivity contribution in [3.63, 3.8) is 0 Å². The Morgan fingerprint density at radius 2 is 2.47 bits per heavy atom. The van der Waals surface area contributed by atoms with Crippen molar-refractivity contribution in [2.75, 3.05) is 6.54 Å². The maximum Gasteiger partial charge on any atom is 0.304 e. The van der Waals surface area contributed by atoms with Crippen molar-refractivity contribution in [3.05, 3.63) is 17.2 Å². The van der Waals surface area contributed by atoms with Crippen LogP contribution in [0.1, 0.15) is 25.1 Å². The number of carbonyl (C=O) groups is 1. The Morgan fingerprint density at radius 3 is 3.06 bits per heavy atom. The summed E-state index contributed by atoms with van der Waals surface area (Å²) in [6.07, 6.45) is 3.83. The van der Waals surface area contributed by atoms with E-state index in [9.17, 15) is 4.79 Å². The van der Waals surface area contributed by atoms with Crippen LogP contribution in [0.3, 0.4) is 0 Å². The molecule has 2 heterocycles. The Balaban J connectivity index is 2.02. The van der Waals surface area contributed by atoms with Gasteiger partial charge in [0.2, 0.25) is 0 Å². The monoisotopic (exact) mass is 257 g/mol. The molecule has 0 spiro atoms. The lowest BCUT2D eigenvalue weighted by Gasteiger charge is -2.22. The number of aromatic nitrogens is 2. The second-order valence-corrected chi connectivity index (χ2v) is 4.81. The average molecular weight is 258 g/mol. The van der Waals surface area contributed by atoms with E-state index in [0.29, 0.717) is 11.7 Å². The van der Waals surface area contributed by atoms with Crippen LogP contribution in [0.15, 0.2) is 6.20 Å². The molecule has 1 atom stereocenters. The molecule has 1 unspecified atom stereocenters. The van der Waals surface area contributed by atoms with E-state index in [2.05, 4.69) is 9.88 Å². The molecule has 0 amide bonds. The number of aliphatic carboxylic acids is 1. The van der Waals surface area contributed by atoms with Gasteiger partial charge in [-0.25, -0.2) is 4.98 Å². The molecular formula is C11H16ClN3O2. The van der Waals surface area contributed by atoms with Crippen molar-refractivity contribution in [1.82, 2.24) is 14.5 Å². The topological polar surface area (TPSA) is 58.4 Å². The molecule has 0 aromatic carbocycles. The zero-order valence-electron chi connectivity index (χ0n) is 9.77. The Morgan fingerprint density at radius 1 is 1.71 bits per heavy atom. The Hall–Kier alpha value is -1.07. The first-order valence-electron chi connectivity index (χ1n) is 5.70. The summed E-state index contributed by atoms with van der Waals surface area (Å²) in [5.41, 5.74) is 0. The Labute approximate surface area is 105 Å². The van der Waals surface area contributed by atoms with Crippen molar-refractivity contribution in [3.8, 4) is 0 Å². The number of likely N-dealkylation sites (tertiary alicyclic amines) is 1. The van der Waals surface area contributed by atoms with E-state index < -0.39 is 5.97 Å². The van der Waals surface area contributed by atoms with Crippen LogP contribution in [0, 0.1) is 0 Å². The zero-order chi connectivity index (χ0) is 12.4. The van der Waals surface area contributed by atoms with Crippen LogP contribution in [0.2, 0.25) is 5.15 Å². The van der Waals surface area contributed by atoms with Gasteiger partial charge in [0.15, 0.2) is 0 Å². The van der Waals surface area contributed by atoms with Crippen LogP contribution in [0.5, 0.6) is 0 Å². The molecule has 94 valence electrons. The van der Waals surface area contributed by atoms with Crippen molar-refractivity contribution < 1.29 is 9.90 Å². The Kier molecular flexibility index (Phi) is 3.69. The lowest BCUT2D eigenvalue weighted by molar-refractivity contribution is -0.138. The minimum absolute atomic E-state index is 0.128. The molecule has 5 nitrogen and oxygen atoms in total. The van der Waals surface area contributed by atoms with Crippen molar-refractivity contribution >= 4 is 17.6 Å². The van der Waals surface area contributed by atoms with Gasteiger partial charge in [0.1, 0.15) is 11.0 Å². The number of carboxylic acids is 1.